The highest BCUT2D eigenvalue weighted by Gasteiger charge is 2.20. The van der Waals surface area contributed by atoms with Crippen molar-refractivity contribution >= 4 is 17.7 Å². The number of ether oxygens (including phenoxy) is 1. The summed E-state index contributed by atoms with van der Waals surface area (Å²) in [6.07, 6.45) is 3.44. The van der Waals surface area contributed by atoms with Gasteiger partial charge in [-0.2, -0.15) is 0 Å². The van der Waals surface area contributed by atoms with Crippen molar-refractivity contribution in [2.24, 2.45) is 5.92 Å². The standard InChI is InChI=1S/C17H18FN3O3/c1-24-16(22)13(9-12-4-6-14(18)7-5-12)10-20-17(23)21-15-3-2-8-19-11-15/h2-8,11,13H,9-10H2,1H3,(H2,20,21,23)/t13-/m1/s1. The fourth-order valence-corrected chi connectivity index (χ4v) is 2.14. The normalized spacial score (nSPS) is 11.4. The van der Waals surface area contributed by atoms with Crippen LogP contribution in [0.2, 0.25) is 0 Å². The molecule has 0 aliphatic rings. The van der Waals surface area contributed by atoms with Crippen molar-refractivity contribution in [2.45, 2.75) is 6.42 Å². The van der Waals surface area contributed by atoms with Gasteiger partial charge in [0.05, 0.1) is 24.9 Å². The van der Waals surface area contributed by atoms with Gasteiger partial charge in [0.25, 0.3) is 0 Å². The number of rotatable bonds is 6. The summed E-state index contributed by atoms with van der Waals surface area (Å²) < 4.78 is 17.7. The highest BCUT2D eigenvalue weighted by molar-refractivity contribution is 5.89. The third-order valence-electron chi connectivity index (χ3n) is 3.36. The molecule has 1 atom stereocenters. The van der Waals surface area contributed by atoms with Crippen molar-refractivity contribution in [1.82, 2.24) is 10.3 Å². The minimum absolute atomic E-state index is 0.0934. The predicted molar refractivity (Wildman–Crippen MR) is 86.9 cm³/mol. The van der Waals surface area contributed by atoms with Gasteiger partial charge in [-0.15, -0.1) is 0 Å². The molecule has 0 unspecified atom stereocenters. The first kappa shape index (κ1) is 17.4. The SMILES string of the molecule is COC(=O)[C@@H](CNC(=O)Nc1cccnc1)Cc1ccc(F)cc1. The molecule has 0 saturated heterocycles. The van der Waals surface area contributed by atoms with Gasteiger partial charge < -0.3 is 15.4 Å². The van der Waals surface area contributed by atoms with E-state index in [2.05, 4.69) is 15.6 Å². The molecule has 24 heavy (non-hydrogen) atoms. The summed E-state index contributed by atoms with van der Waals surface area (Å²) >= 11 is 0. The van der Waals surface area contributed by atoms with Crippen LogP contribution < -0.4 is 10.6 Å². The van der Waals surface area contributed by atoms with Crippen molar-refractivity contribution in [3.63, 3.8) is 0 Å². The van der Waals surface area contributed by atoms with Crippen LogP contribution in [0.4, 0.5) is 14.9 Å². The second kappa shape index (κ2) is 8.61. The molecule has 1 heterocycles. The largest absolute Gasteiger partial charge is 0.469 e. The van der Waals surface area contributed by atoms with Gasteiger partial charge in [0.1, 0.15) is 5.82 Å². The molecule has 2 rings (SSSR count). The molecule has 7 heteroatoms. The smallest absolute Gasteiger partial charge is 0.319 e. The number of benzene rings is 1. The molecule has 2 aromatic rings. The van der Waals surface area contributed by atoms with Crippen molar-refractivity contribution in [1.29, 1.82) is 0 Å². The maximum Gasteiger partial charge on any atom is 0.319 e. The molecular formula is C17H18FN3O3. The second-order valence-corrected chi connectivity index (χ2v) is 5.13. The maximum atomic E-state index is 12.9. The number of methoxy groups -OCH3 is 1. The lowest BCUT2D eigenvalue weighted by Crippen LogP contribution is -2.37. The number of nitrogens with zero attached hydrogens (tertiary/aromatic N) is 1. The van der Waals surface area contributed by atoms with E-state index in [1.807, 2.05) is 0 Å². The van der Waals surface area contributed by atoms with Crippen molar-refractivity contribution < 1.29 is 18.7 Å². The number of pyridine rings is 1. The van der Waals surface area contributed by atoms with Crippen LogP contribution in [0.5, 0.6) is 0 Å². The summed E-state index contributed by atoms with van der Waals surface area (Å²) in [7, 11) is 1.29. The summed E-state index contributed by atoms with van der Waals surface area (Å²) in [4.78, 5) is 27.6. The number of nitrogens with one attached hydrogen (secondary N) is 2. The average Bonchev–Trinajstić information content (AvgIpc) is 2.60. The molecule has 126 valence electrons. The van der Waals surface area contributed by atoms with E-state index in [1.165, 1.54) is 25.4 Å². The van der Waals surface area contributed by atoms with Crippen LogP contribution >= 0.6 is 0 Å². The van der Waals surface area contributed by atoms with Crippen LogP contribution in [0.3, 0.4) is 0 Å². The Kier molecular flexibility index (Phi) is 6.24. The summed E-state index contributed by atoms with van der Waals surface area (Å²) in [5.74, 6) is -1.36. The fraction of sp³-hybridized carbons (Fsp3) is 0.235. The zero-order valence-electron chi connectivity index (χ0n) is 13.2. The average molecular weight is 331 g/mol. The van der Waals surface area contributed by atoms with Crippen LogP contribution in [0.1, 0.15) is 5.56 Å². The Morgan fingerprint density at radius 1 is 1.25 bits per heavy atom. The van der Waals surface area contributed by atoms with E-state index in [9.17, 15) is 14.0 Å². The van der Waals surface area contributed by atoms with Crippen LogP contribution in [0.15, 0.2) is 48.8 Å². The molecule has 1 aromatic carbocycles. The molecule has 0 saturated carbocycles. The zero-order valence-corrected chi connectivity index (χ0v) is 13.2. The number of hydrogen-bond acceptors (Lipinski definition) is 4. The van der Waals surface area contributed by atoms with Crippen molar-refractivity contribution in [2.75, 3.05) is 19.0 Å². The van der Waals surface area contributed by atoms with Gasteiger partial charge in [0, 0.05) is 12.7 Å². The molecule has 1 aromatic heterocycles. The lowest BCUT2D eigenvalue weighted by molar-refractivity contribution is -0.145. The molecule has 0 fully saturated rings. The molecule has 2 amide bonds. The first-order valence-electron chi connectivity index (χ1n) is 7.35. The van der Waals surface area contributed by atoms with E-state index < -0.39 is 17.9 Å². The van der Waals surface area contributed by atoms with E-state index in [0.29, 0.717) is 12.1 Å². The van der Waals surface area contributed by atoms with Crippen LogP contribution in [-0.4, -0.2) is 30.6 Å². The highest BCUT2D eigenvalue weighted by atomic mass is 19.1. The third kappa shape index (κ3) is 5.35. The fourth-order valence-electron chi connectivity index (χ4n) is 2.14. The van der Waals surface area contributed by atoms with Crippen LogP contribution in [0, 0.1) is 11.7 Å². The predicted octanol–water partition coefficient (Wildman–Crippen LogP) is 2.37. The van der Waals surface area contributed by atoms with Gasteiger partial charge in [-0.05, 0) is 36.2 Å². The molecule has 6 nitrogen and oxygen atoms in total. The maximum absolute atomic E-state index is 12.9. The number of aromatic nitrogens is 1. The Hall–Kier alpha value is -2.96. The number of carbonyl (C=O) groups is 2. The van der Waals surface area contributed by atoms with Gasteiger partial charge in [-0.3, -0.25) is 9.78 Å². The topological polar surface area (TPSA) is 80.3 Å². The van der Waals surface area contributed by atoms with E-state index in [1.54, 1.807) is 30.5 Å². The van der Waals surface area contributed by atoms with E-state index >= 15 is 0 Å². The first-order valence-corrected chi connectivity index (χ1v) is 7.35. The summed E-state index contributed by atoms with van der Waals surface area (Å²) in [5, 5.41) is 5.24. The molecule has 0 radical (unpaired) electrons. The second-order valence-electron chi connectivity index (χ2n) is 5.13. The van der Waals surface area contributed by atoms with E-state index in [0.717, 1.165) is 5.56 Å². The number of urea groups is 1. The number of halogens is 1. The summed E-state index contributed by atoms with van der Waals surface area (Å²) in [6.45, 7) is 0.0934. The van der Waals surface area contributed by atoms with Crippen LogP contribution in [-0.2, 0) is 16.0 Å². The van der Waals surface area contributed by atoms with E-state index in [4.69, 9.17) is 4.74 Å². The Bertz CT molecular complexity index is 677. The Morgan fingerprint density at radius 3 is 2.62 bits per heavy atom. The minimum atomic E-state index is -0.569. The Balaban J connectivity index is 1.92. The van der Waals surface area contributed by atoms with Gasteiger partial charge in [-0.1, -0.05) is 12.1 Å². The van der Waals surface area contributed by atoms with Gasteiger partial charge in [-0.25, -0.2) is 9.18 Å². The number of carbonyl (C=O) groups excluding carboxylic acids is 2. The third-order valence-corrected chi connectivity index (χ3v) is 3.36. The Morgan fingerprint density at radius 2 is 2.00 bits per heavy atom. The first-order chi connectivity index (χ1) is 11.6. The van der Waals surface area contributed by atoms with Gasteiger partial charge >= 0.3 is 12.0 Å². The monoisotopic (exact) mass is 331 g/mol. The number of esters is 1. The minimum Gasteiger partial charge on any atom is -0.469 e. The number of amides is 2. The van der Waals surface area contributed by atoms with Gasteiger partial charge in [0.2, 0.25) is 0 Å². The zero-order chi connectivity index (χ0) is 17.4. The lowest BCUT2D eigenvalue weighted by atomic mass is 9.99. The van der Waals surface area contributed by atoms with E-state index in [-0.39, 0.29) is 12.4 Å². The molecular weight excluding hydrogens is 313 g/mol. The quantitative estimate of drug-likeness (QED) is 0.797. The molecule has 0 aliphatic heterocycles. The molecule has 0 spiro atoms. The molecule has 0 bridgehead atoms. The highest BCUT2D eigenvalue weighted by Crippen LogP contribution is 2.11. The van der Waals surface area contributed by atoms with Crippen molar-refractivity contribution in [3.05, 3.63) is 60.2 Å². The Labute approximate surface area is 139 Å². The summed E-state index contributed by atoms with van der Waals surface area (Å²) in [6, 6.07) is 8.79. The number of hydrogen-bond donors (Lipinski definition) is 2. The van der Waals surface area contributed by atoms with Gasteiger partial charge in [0.15, 0.2) is 0 Å². The summed E-state index contributed by atoms with van der Waals surface area (Å²) in [5.41, 5.74) is 1.32. The number of anilines is 1. The molecule has 2 N–H and O–H groups in total. The molecule has 0 aliphatic carbocycles. The lowest BCUT2D eigenvalue weighted by Gasteiger charge is -2.16. The van der Waals surface area contributed by atoms with Crippen LogP contribution in [0.25, 0.3) is 0 Å². The van der Waals surface area contributed by atoms with Crippen molar-refractivity contribution in [3.8, 4) is 0 Å².